The highest BCUT2D eigenvalue weighted by molar-refractivity contribution is 5.59. The van der Waals surface area contributed by atoms with Crippen molar-refractivity contribution in [3.05, 3.63) is 41.8 Å². The molecule has 39 heavy (non-hydrogen) atoms. The predicted molar refractivity (Wildman–Crippen MR) is 134 cm³/mol. The molecule has 12 nitrogen and oxygen atoms in total. The Morgan fingerprint density at radius 3 is 2.56 bits per heavy atom. The summed E-state index contributed by atoms with van der Waals surface area (Å²) >= 11 is 0. The summed E-state index contributed by atoms with van der Waals surface area (Å²) in [5.74, 6) is 0.383. The third-order valence-electron chi connectivity index (χ3n) is 5.61. The lowest BCUT2D eigenvalue weighted by Gasteiger charge is -2.30. The Morgan fingerprint density at radius 2 is 1.87 bits per heavy atom. The number of aromatic nitrogens is 4. The number of nitrogens with zero attached hydrogens (tertiary/aromatic N) is 5. The molecule has 210 valence electrons. The first kappa shape index (κ1) is 28.2. The molecule has 0 spiro atoms. The molecule has 1 aliphatic rings. The van der Waals surface area contributed by atoms with Crippen LogP contribution in [0.4, 0.5) is 9.18 Å². The summed E-state index contributed by atoms with van der Waals surface area (Å²) in [4.78, 5) is 29.5. The monoisotopic (exact) mass is 545 g/mol. The Balaban J connectivity index is 1.35. The third-order valence-corrected chi connectivity index (χ3v) is 5.61. The van der Waals surface area contributed by atoms with Crippen molar-refractivity contribution in [2.45, 2.75) is 72.4 Å². The van der Waals surface area contributed by atoms with Crippen molar-refractivity contribution in [2.24, 2.45) is 0 Å². The van der Waals surface area contributed by atoms with Crippen LogP contribution in [0.1, 0.15) is 52.0 Å². The summed E-state index contributed by atoms with van der Waals surface area (Å²) in [5, 5.41) is 5.43. The maximum atomic E-state index is 14.9. The molecule has 1 saturated heterocycles. The van der Waals surface area contributed by atoms with Gasteiger partial charge in [0.1, 0.15) is 19.0 Å². The largest absolute Gasteiger partial charge is 0.528 e. The molecule has 0 bridgehead atoms. The van der Waals surface area contributed by atoms with Crippen molar-refractivity contribution in [1.82, 2.24) is 25.2 Å². The van der Waals surface area contributed by atoms with Gasteiger partial charge in [0.25, 0.3) is 5.89 Å². The van der Waals surface area contributed by atoms with Gasteiger partial charge in [-0.25, -0.2) is 19.2 Å². The van der Waals surface area contributed by atoms with E-state index in [-0.39, 0.29) is 42.4 Å². The zero-order valence-electron chi connectivity index (χ0n) is 22.5. The highest BCUT2D eigenvalue weighted by Gasteiger charge is 2.25. The van der Waals surface area contributed by atoms with Gasteiger partial charge in [-0.2, -0.15) is 4.98 Å². The highest BCUT2D eigenvalue weighted by atomic mass is 19.1. The molecule has 0 amide bonds. The van der Waals surface area contributed by atoms with Crippen LogP contribution in [-0.2, 0) is 20.9 Å². The minimum absolute atomic E-state index is 0.0138. The van der Waals surface area contributed by atoms with Crippen molar-refractivity contribution in [2.75, 3.05) is 13.1 Å². The minimum atomic E-state index is -0.726. The van der Waals surface area contributed by atoms with Crippen LogP contribution in [0.5, 0.6) is 17.5 Å². The predicted octanol–water partition coefficient (Wildman–Crippen LogP) is 5.01. The van der Waals surface area contributed by atoms with E-state index >= 15 is 0 Å². The van der Waals surface area contributed by atoms with E-state index in [4.69, 9.17) is 28.3 Å². The molecule has 0 aliphatic carbocycles. The van der Waals surface area contributed by atoms with E-state index in [0.29, 0.717) is 48.8 Å². The lowest BCUT2D eigenvalue weighted by molar-refractivity contribution is -0.151. The third kappa shape index (κ3) is 7.83. The van der Waals surface area contributed by atoms with Crippen LogP contribution >= 0.6 is 0 Å². The van der Waals surface area contributed by atoms with Gasteiger partial charge in [-0.15, -0.1) is 5.06 Å². The van der Waals surface area contributed by atoms with Gasteiger partial charge in [0.2, 0.25) is 17.6 Å². The molecular weight excluding hydrogens is 513 g/mol. The molecule has 1 fully saturated rings. The number of rotatable bonds is 10. The summed E-state index contributed by atoms with van der Waals surface area (Å²) in [6, 6.07) is 4.35. The number of hydrogen-bond donors (Lipinski definition) is 0. The number of ether oxygens (including phenoxy) is 4. The van der Waals surface area contributed by atoms with Crippen molar-refractivity contribution in [3.8, 4) is 28.9 Å². The van der Waals surface area contributed by atoms with Gasteiger partial charge in [0.15, 0.2) is 11.6 Å². The summed E-state index contributed by atoms with van der Waals surface area (Å²) in [7, 11) is 0. The molecule has 0 N–H and O–H groups in total. The van der Waals surface area contributed by atoms with Crippen LogP contribution < -0.4 is 9.47 Å². The van der Waals surface area contributed by atoms with Gasteiger partial charge in [-0.3, -0.25) is 0 Å². The van der Waals surface area contributed by atoms with E-state index in [9.17, 15) is 9.18 Å². The van der Waals surface area contributed by atoms with E-state index < -0.39 is 12.0 Å². The zero-order valence-corrected chi connectivity index (χ0v) is 22.5. The molecule has 13 heteroatoms. The molecule has 0 unspecified atom stereocenters. The average molecular weight is 546 g/mol. The lowest BCUT2D eigenvalue weighted by atomic mass is 10.1. The number of carbonyl (C=O) groups excluding carboxylic acids is 1. The molecule has 0 atom stereocenters. The summed E-state index contributed by atoms with van der Waals surface area (Å²) in [6.07, 6.45) is 1.38. The fourth-order valence-electron chi connectivity index (χ4n) is 3.65. The molecule has 2 aromatic heterocycles. The van der Waals surface area contributed by atoms with Gasteiger partial charge in [0, 0.05) is 31.5 Å². The summed E-state index contributed by atoms with van der Waals surface area (Å²) in [6.45, 7) is 10.2. The number of carbonyl (C=O) groups is 1. The second-order valence-electron chi connectivity index (χ2n) is 9.48. The summed E-state index contributed by atoms with van der Waals surface area (Å²) in [5.41, 5.74) is 0.948. The molecule has 0 radical (unpaired) electrons. The van der Waals surface area contributed by atoms with Gasteiger partial charge in [0.05, 0.1) is 17.8 Å². The number of hydrogen-bond acceptors (Lipinski definition) is 12. The molecule has 0 saturated carbocycles. The van der Waals surface area contributed by atoms with E-state index in [0.717, 1.165) is 0 Å². The number of hydroxylamine groups is 2. The van der Waals surface area contributed by atoms with Crippen LogP contribution in [0.2, 0.25) is 0 Å². The van der Waals surface area contributed by atoms with Gasteiger partial charge < -0.3 is 28.3 Å². The van der Waals surface area contributed by atoms with Crippen LogP contribution in [-0.4, -0.2) is 62.7 Å². The molecule has 4 rings (SSSR count). The molecule has 3 heterocycles. The Hall–Kier alpha value is -3.84. The first-order valence-electron chi connectivity index (χ1n) is 12.7. The number of halogens is 1. The number of piperidine rings is 1. The highest BCUT2D eigenvalue weighted by Crippen LogP contribution is 2.32. The molecular formula is C26H32FN5O7. The SMILES string of the molecule is Cc1c(Oc2ccc(-c3noc(COC(C)C)n3)cc2F)ncnc1OC1CCN(OC(=O)OC(C)C)CC1. The van der Waals surface area contributed by atoms with Gasteiger partial charge in [-0.05, 0) is 52.8 Å². The summed E-state index contributed by atoms with van der Waals surface area (Å²) < 4.78 is 42.4. The topological polar surface area (TPSA) is 131 Å². The maximum Gasteiger partial charge on any atom is 0.528 e. The second-order valence-corrected chi connectivity index (χ2v) is 9.48. The maximum absolute atomic E-state index is 14.9. The number of benzene rings is 1. The fourth-order valence-corrected chi connectivity index (χ4v) is 3.65. The van der Waals surface area contributed by atoms with Crippen LogP contribution in [0.15, 0.2) is 29.0 Å². The van der Waals surface area contributed by atoms with E-state index in [1.54, 1.807) is 31.9 Å². The first-order valence-corrected chi connectivity index (χ1v) is 12.7. The van der Waals surface area contributed by atoms with Crippen LogP contribution in [0.25, 0.3) is 11.4 Å². The molecule has 3 aromatic rings. The Labute approximate surface area is 225 Å². The Bertz CT molecular complexity index is 1260. The zero-order chi connectivity index (χ0) is 27.9. The average Bonchev–Trinajstić information content (AvgIpc) is 3.36. The van der Waals surface area contributed by atoms with E-state index in [1.807, 2.05) is 13.8 Å². The van der Waals surface area contributed by atoms with Crippen molar-refractivity contribution in [3.63, 3.8) is 0 Å². The van der Waals surface area contributed by atoms with Crippen molar-refractivity contribution >= 4 is 6.16 Å². The lowest BCUT2D eigenvalue weighted by Crippen LogP contribution is -2.40. The van der Waals surface area contributed by atoms with Crippen LogP contribution in [0, 0.1) is 12.7 Å². The fraction of sp³-hybridized carbons (Fsp3) is 0.500. The van der Waals surface area contributed by atoms with Crippen molar-refractivity contribution in [1.29, 1.82) is 0 Å². The Morgan fingerprint density at radius 1 is 1.13 bits per heavy atom. The van der Waals surface area contributed by atoms with E-state index in [1.165, 1.54) is 18.5 Å². The smallest absolute Gasteiger partial charge is 0.474 e. The Kier molecular flexibility index (Phi) is 9.25. The normalized spacial score (nSPS) is 14.6. The van der Waals surface area contributed by atoms with Crippen LogP contribution in [0.3, 0.4) is 0 Å². The second kappa shape index (κ2) is 12.8. The van der Waals surface area contributed by atoms with Gasteiger partial charge in [-0.1, -0.05) is 5.16 Å². The van der Waals surface area contributed by atoms with E-state index in [2.05, 4.69) is 20.1 Å². The molecule has 1 aromatic carbocycles. The first-order chi connectivity index (χ1) is 18.7. The standard InChI is InChI=1S/C26H32FN5O7/c1-15(2)34-13-22-30-23(31-38-22)18-6-7-21(20(27)12-18)37-25-17(5)24(28-14-29-25)36-19-8-10-32(11-9-19)39-26(33)35-16(3)4/h6-7,12,14-16,19H,8-11,13H2,1-5H3. The quantitative estimate of drug-likeness (QED) is 0.317. The minimum Gasteiger partial charge on any atom is -0.474 e. The van der Waals surface area contributed by atoms with Gasteiger partial charge >= 0.3 is 6.16 Å². The molecule has 1 aliphatic heterocycles. The van der Waals surface area contributed by atoms with Crippen molar-refractivity contribution < 1.29 is 37.5 Å².